The van der Waals surface area contributed by atoms with Crippen LogP contribution in [-0.2, 0) is 12.2 Å². The molecule has 0 saturated heterocycles. The molecule has 1 spiro atoms. The van der Waals surface area contributed by atoms with E-state index in [0.29, 0.717) is 13.2 Å². The van der Waals surface area contributed by atoms with Crippen molar-refractivity contribution in [3.8, 4) is 5.75 Å². The number of hydrogen-bond donors (Lipinski definition) is 1. The molecule has 3 aromatic rings. The molecule has 2 aliphatic heterocycles. The molecule has 4 nitrogen and oxygen atoms in total. The summed E-state index contributed by atoms with van der Waals surface area (Å²) < 4.78 is 6.09. The minimum absolute atomic E-state index is 0.0549. The number of aryl methyl sites for hydroxylation is 2. The van der Waals surface area contributed by atoms with Gasteiger partial charge in [0.05, 0.1) is 12.2 Å². The van der Waals surface area contributed by atoms with E-state index in [4.69, 9.17) is 4.74 Å². The van der Waals surface area contributed by atoms with Gasteiger partial charge >= 0.3 is 0 Å². The van der Waals surface area contributed by atoms with Crippen molar-refractivity contribution in [1.29, 1.82) is 0 Å². The molecule has 5 rings (SSSR count). The number of fused-ring (bicyclic) bond motifs is 3. The highest BCUT2D eigenvalue weighted by molar-refractivity contribution is 6.02. The lowest BCUT2D eigenvalue weighted by molar-refractivity contribution is 0.0443. The van der Waals surface area contributed by atoms with Crippen molar-refractivity contribution in [2.45, 2.75) is 38.9 Å². The molecule has 0 saturated carbocycles. The largest absolute Gasteiger partial charge is 0.493 e. The van der Waals surface area contributed by atoms with E-state index in [-0.39, 0.29) is 5.91 Å². The normalized spacial score (nSPS) is 20.1. The van der Waals surface area contributed by atoms with Gasteiger partial charge in [-0.25, -0.2) is 0 Å². The Kier molecular flexibility index (Phi) is 4.50. The van der Waals surface area contributed by atoms with Gasteiger partial charge in [0.25, 0.3) is 5.91 Å². The highest BCUT2D eigenvalue weighted by atomic mass is 16.5. The van der Waals surface area contributed by atoms with Crippen molar-refractivity contribution >= 4 is 11.6 Å². The number of benzene rings is 3. The average Bonchev–Trinajstić information content (AvgIpc) is 2.92. The lowest BCUT2D eigenvalue weighted by Gasteiger charge is -2.48. The number of nitrogens with one attached hydrogen (secondary N) is 1. The van der Waals surface area contributed by atoms with Crippen LogP contribution in [0, 0.1) is 13.8 Å². The van der Waals surface area contributed by atoms with E-state index in [2.05, 4.69) is 55.6 Å². The molecule has 1 unspecified atom stereocenters. The van der Waals surface area contributed by atoms with Crippen LogP contribution in [0.25, 0.3) is 0 Å². The van der Waals surface area contributed by atoms with Crippen LogP contribution in [0.5, 0.6) is 5.75 Å². The van der Waals surface area contributed by atoms with Crippen LogP contribution in [0.15, 0.2) is 66.7 Å². The number of anilines is 1. The molecule has 0 fully saturated rings. The molecule has 152 valence electrons. The van der Waals surface area contributed by atoms with E-state index < -0.39 is 5.66 Å². The maximum Gasteiger partial charge on any atom is 0.258 e. The van der Waals surface area contributed by atoms with Gasteiger partial charge in [-0.3, -0.25) is 4.79 Å². The van der Waals surface area contributed by atoms with Crippen molar-refractivity contribution in [2.24, 2.45) is 0 Å². The second kappa shape index (κ2) is 7.21. The van der Waals surface area contributed by atoms with Gasteiger partial charge in [-0.15, -0.1) is 0 Å². The maximum absolute atomic E-state index is 13.8. The third-order valence-corrected chi connectivity index (χ3v) is 6.19. The molecule has 0 aliphatic carbocycles. The molecule has 0 aromatic heterocycles. The Hall–Kier alpha value is -3.27. The predicted molar refractivity (Wildman–Crippen MR) is 119 cm³/mol. The van der Waals surface area contributed by atoms with Crippen LogP contribution in [0.3, 0.4) is 0 Å². The minimum Gasteiger partial charge on any atom is -0.493 e. The lowest BCUT2D eigenvalue weighted by atomic mass is 9.87. The minimum atomic E-state index is -0.645. The van der Waals surface area contributed by atoms with Gasteiger partial charge in [0.2, 0.25) is 0 Å². The summed E-state index contributed by atoms with van der Waals surface area (Å²) in [5, 5.41) is 3.77. The quantitative estimate of drug-likeness (QED) is 0.629. The fraction of sp³-hybridized carbons (Fsp3) is 0.269. The predicted octanol–water partition coefficient (Wildman–Crippen LogP) is 5.40. The van der Waals surface area contributed by atoms with Crippen molar-refractivity contribution in [1.82, 2.24) is 4.90 Å². The smallest absolute Gasteiger partial charge is 0.258 e. The standard InChI is InChI=1S/C26H26N2O2/c1-18-8-11-20(12-9-18)17-28-25(29)21-6-3-4-7-23(21)27-26(28)14-5-15-30-24-13-10-19(2)16-22(24)26/h3-4,6-13,16,27H,5,14-15,17H2,1-2H3. The van der Waals surface area contributed by atoms with Crippen LogP contribution < -0.4 is 10.1 Å². The summed E-state index contributed by atoms with van der Waals surface area (Å²) in [4.78, 5) is 15.8. The Bertz CT molecular complexity index is 1110. The third-order valence-electron chi connectivity index (χ3n) is 6.19. The van der Waals surface area contributed by atoms with Gasteiger partial charge in [0.1, 0.15) is 11.4 Å². The SMILES string of the molecule is Cc1ccc(CN2C(=O)c3ccccc3NC23CCCOc2ccc(C)cc23)cc1. The summed E-state index contributed by atoms with van der Waals surface area (Å²) >= 11 is 0. The second-order valence-corrected chi connectivity index (χ2v) is 8.36. The summed E-state index contributed by atoms with van der Waals surface area (Å²) in [6.07, 6.45) is 1.65. The number of hydrogen-bond acceptors (Lipinski definition) is 3. The fourth-order valence-electron chi connectivity index (χ4n) is 4.62. The van der Waals surface area contributed by atoms with Crippen molar-refractivity contribution in [3.63, 3.8) is 0 Å². The van der Waals surface area contributed by atoms with Crippen LogP contribution in [0.1, 0.15) is 45.5 Å². The van der Waals surface area contributed by atoms with Gasteiger partial charge in [-0.05, 0) is 56.5 Å². The molecular formula is C26H26N2O2. The fourth-order valence-corrected chi connectivity index (χ4v) is 4.62. The van der Waals surface area contributed by atoms with E-state index >= 15 is 0 Å². The number of carbonyl (C=O) groups is 1. The Morgan fingerprint density at radius 2 is 1.77 bits per heavy atom. The first-order chi connectivity index (χ1) is 14.6. The molecule has 4 heteroatoms. The number of carbonyl (C=O) groups excluding carboxylic acids is 1. The van der Waals surface area contributed by atoms with Crippen LogP contribution in [0.2, 0.25) is 0 Å². The first-order valence-corrected chi connectivity index (χ1v) is 10.6. The second-order valence-electron chi connectivity index (χ2n) is 8.36. The number of para-hydroxylation sites is 1. The molecule has 3 aromatic carbocycles. The van der Waals surface area contributed by atoms with E-state index in [1.807, 2.05) is 35.2 Å². The summed E-state index contributed by atoms with van der Waals surface area (Å²) in [7, 11) is 0. The zero-order valence-corrected chi connectivity index (χ0v) is 17.4. The molecule has 2 heterocycles. The van der Waals surface area contributed by atoms with Gasteiger partial charge in [0.15, 0.2) is 0 Å². The van der Waals surface area contributed by atoms with Gasteiger partial charge in [0, 0.05) is 17.8 Å². The van der Waals surface area contributed by atoms with E-state index in [1.165, 1.54) is 5.56 Å². The summed E-state index contributed by atoms with van der Waals surface area (Å²) in [5.74, 6) is 0.908. The van der Waals surface area contributed by atoms with Crippen molar-refractivity contribution < 1.29 is 9.53 Å². The Balaban J connectivity index is 1.70. The first kappa shape index (κ1) is 18.7. The number of rotatable bonds is 2. The topological polar surface area (TPSA) is 41.6 Å². The highest BCUT2D eigenvalue weighted by Crippen LogP contribution is 2.46. The summed E-state index contributed by atoms with van der Waals surface area (Å²) in [6.45, 7) is 5.35. The summed E-state index contributed by atoms with van der Waals surface area (Å²) in [5.41, 5.74) is 5.48. The van der Waals surface area contributed by atoms with Crippen molar-refractivity contribution in [2.75, 3.05) is 11.9 Å². The monoisotopic (exact) mass is 398 g/mol. The zero-order valence-electron chi connectivity index (χ0n) is 17.4. The Morgan fingerprint density at radius 3 is 2.60 bits per heavy atom. The molecular weight excluding hydrogens is 372 g/mol. The van der Waals surface area contributed by atoms with E-state index in [1.54, 1.807) is 0 Å². The van der Waals surface area contributed by atoms with Gasteiger partial charge in [-0.1, -0.05) is 53.6 Å². The average molecular weight is 399 g/mol. The van der Waals surface area contributed by atoms with Crippen LogP contribution in [0.4, 0.5) is 5.69 Å². The molecule has 1 atom stereocenters. The number of ether oxygens (including phenoxy) is 1. The Labute approximate surface area is 177 Å². The van der Waals surface area contributed by atoms with Crippen LogP contribution >= 0.6 is 0 Å². The van der Waals surface area contributed by atoms with E-state index in [0.717, 1.165) is 46.5 Å². The third kappa shape index (κ3) is 3.04. The van der Waals surface area contributed by atoms with Gasteiger partial charge < -0.3 is 15.0 Å². The van der Waals surface area contributed by atoms with Crippen LogP contribution in [-0.4, -0.2) is 17.4 Å². The number of amides is 1. The first-order valence-electron chi connectivity index (χ1n) is 10.6. The van der Waals surface area contributed by atoms with Gasteiger partial charge in [-0.2, -0.15) is 0 Å². The highest BCUT2D eigenvalue weighted by Gasteiger charge is 2.48. The maximum atomic E-state index is 13.8. The van der Waals surface area contributed by atoms with Crippen molar-refractivity contribution in [3.05, 3.63) is 94.5 Å². The zero-order chi connectivity index (χ0) is 20.7. The number of nitrogens with zero attached hydrogens (tertiary/aromatic N) is 1. The van der Waals surface area contributed by atoms with E-state index in [9.17, 15) is 4.79 Å². The molecule has 1 N–H and O–H groups in total. The summed E-state index contributed by atoms with van der Waals surface area (Å²) in [6, 6.07) is 22.5. The molecule has 1 amide bonds. The Morgan fingerprint density at radius 1 is 1.00 bits per heavy atom. The molecule has 0 radical (unpaired) electrons. The molecule has 0 bridgehead atoms. The lowest BCUT2D eigenvalue weighted by Crippen LogP contribution is -2.57. The molecule has 2 aliphatic rings. The molecule has 30 heavy (non-hydrogen) atoms.